The summed E-state index contributed by atoms with van der Waals surface area (Å²) in [4.78, 5) is 12.5. The van der Waals surface area contributed by atoms with Gasteiger partial charge < -0.3 is 15.8 Å². The van der Waals surface area contributed by atoms with Crippen LogP contribution < -0.4 is 15.8 Å². The van der Waals surface area contributed by atoms with Crippen LogP contribution in [0.5, 0.6) is 5.75 Å². The number of hydrogen-bond acceptors (Lipinski definition) is 5. The van der Waals surface area contributed by atoms with E-state index in [1.54, 1.807) is 25.3 Å². The highest BCUT2D eigenvalue weighted by Gasteiger charge is 2.24. The fourth-order valence-corrected chi connectivity index (χ4v) is 4.08. The largest absolute Gasteiger partial charge is 0.496 e. The molecule has 0 atom stereocenters. The standard InChI is InChI=1S/C24H25N5O2/c1-31-21-9-5-4-8-19(21)24(30)27-15-16-10-12-17(13-11-16)22-20(14-25)23(26)29(28-22)18-6-2-3-7-18/h4-5,8-13,18H,2-3,6-7,15,26H2,1H3,(H,27,30). The number of nitrogens with zero attached hydrogens (tertiary/aromatic N) is 3. The Bertz CT molecular complexity index is 1120. The van der Waals surface area contributed by atoms with Crippen molar-refractivity contribution in [2.45, 2.75) is 38.3 Å². The molecule has 31 heavy (non-hydrogen) atoms. The van der Waals surface area contributed by atoms with Crippen LogP contribution in [0, 0.1) is 11.3 Å². The quantitative estimate of drug-likeness (QED) is 0.631. The smallest absolute Gasteiger partial charge is 0.255 e. The minimum absolute atomic E-state index is 0.198. The topological polar surface area (TPSA) is 106 Å². The molecule has 1 amide bonds. The minimum Gasteiger partial charge on any atom is -0.496 e. The zero-order chi connectivity index (χ0) is 21.8. The van der Waals surface area contributed by atoms with Crippen molar-refractivity contribution in [1.29, 1.82) is 5.26 Å². The molecule has 0 bridgehead atoms. The van der Waals surface area contributed by atoms with Gasteiger partial charge in [-0.05, 0) is 30.5 Å². The lowest BCUT2D eigenvalue weighted by Crippen LogP contribution is -2.23. The molecule has 1 heterocycles. The van der Waals surface area contributed by atoms with Crippen LogP contribution in [-0.2, 0) is 6.54 Å². The van der Waals surface area contributed by atoms with Gasteiger partial charge in [-0.2, -0.15) is 10.4 Å². The third-order valence-corrected chi connectivity index (χ3v) is 5.76. The first-order valence-electron chi connectivity index (χ1n) is 10.4. The molecule has 1 aliphatic carbocycles. The average molecular weight is 415 g/mol. The van der Waals surface area contributed by atoms with E-state index in [0.29, 0.717) is 34.9 Å². The molecule has 4 rings (SSSR count). The number of rotatable bonds is 6. The minimum atomic E-state index is -0.198. The molecule has 1 fully saturated rings. The van der Waals surface area contributed by atoms with Gasteiger partial charge in [0.25, 0.3) is 5.91 Å². The van der Waals surface area contributed by atoms with Crippen molar-refractivity contribution >= 4 is 11.7 Å². The molecular formula is C24H25N5O2. The Hall–Kier alpha value is -3.79. The monoisotopic (exact) mass is 415 g/mol. The maximum atomic E-state index is 12.5. The molecule has 2 aromatic carbocycles. The van der Waals surface area contributed by atoms with Crippen molar-refractivity contribution in [2.75, 3.05) is 12.8 Å². The van der Waals surface area contributed by atoms with Crippen molar-refractivity contribution in [1.82, 2.24) is 15.1 Å². The van der Waals surface area contributed by atoms with Crippen LogP contribution in [0.25, 0.3) is 11.3 Å². The number of carbonyl (C=O) groups is 1. The second-order valence-electron chi connectivity index (χ2n) is 7.68. The van der Waals surface area contributed by atoms with Crippen LogP contribution in [0.3, 0.4) is 0 Å². The summed E-state index contributed by atoms with van der Waals surface area (Å²) in [6.45, 7) is 0.376. The second-order valence-corrected chi connectivity index (χ2v) is 7.68. The van der Waals surface area contributed by atoms with Gasteiger partial charge in [-0.15, -0.1) is 0 Å². The molecule has 0 saturated heterocycles. The van der Waals surface area contributed by atoms with E-state index in [1.165, 1.54) is 0 Å². The van der Waals surface area contributed by atoms with Gasteiger partial charge >= 0.3 is 0 Å². The predicted molar refractivity (Wildman–Crippen MR) is 118 cm³/mol. The highest BCUT2D eigenvalue weighted by Crippen LogP contribution is 2.35. The number of hydrogen-bond donors (Lipinski definition) is 2. The number of benzene rings is 2. The first-order valence-corrected chi connectivity index (χ1v) is 10.4. The number of nitrogens with one attached hydrogen (secondary N) is 1. The first-order chi connectivity index (χ1) is 15.1. The summed E-state index contributed by atoms with van der Waals surface area (Å²) < 4.78 is 7.07. The van der Waals surface area contributed by atoms with E-state index < -0.39 is 0 Å². The first kappa shape index (κ1) is 20.5. The molecule has 7 heteroatoms. The lowest BCUT2D eigenvalue weighted by molar-refractivity contribution is 0.0948. The van der Waals surface area contributed by atoms with Crippen LogP contribution >= 0.6 is 0 Å². The fraction of sp³-hybridized carbons (Fsp3) is 0.292. The van der Waals surface area contributed by atoms with Gasteiger partial charge in [0.2, 0.25) is 0 Å². The Morgan fingerprint density at radius 2 is 1.94 bits per heavy atom. The number of ether oxygens (including phenoxy) is 1. The second kappa shape index (κ2) is 8.92. The Morgan fingerprint density at radius 3 is 2.61 bits per heavy atom. The Morgan fingerprint density at radius 1 is 1.23 bits per heavy atom. The summed E-state index contributed by atoms with van der Waals surface area (Å²) in [5.74, 6) is 0.781. The van der Waals surface area contributed by atoms with Crippen molar-refractivity contribution in [3.8, 4) is 23.1 Å². The van der Waals surface area contributed by atoms with Gasteiger partial charge in [0.15, 0.2) is 0 Å². The number of methoxy groups -OCH3 is 1. The number of nitrogens with two attached hydrogens (primary N) is 1. The molecule has 3 aromatic rings. The van der Waals surface area contributed by atoms with Crippen LogP contribution in [0.1, 0.15) is 53.2 Å². The number of anilines is 1. The third kappa shape index (κ3) is 4.10. The molecule has 0 spiro atoms. The van der Waals surface area contributed by atoms with E-state index in [-0.39, 0.29) is 11.9 Å². The highest BCUT2D eigenvalue weighted by atomic mass is 16.5. The highest BCUT2D eigenvalue weighted by molar-refractivity contribution is 5.96. The van der Waals surface area contributed by atoms with E-state index in [2.05, 4.69) is 16.5 Å². The zero-order valence-corrected chi connectivity index (χ0v) is 17.5. The summed E-state index contributed by atoms with van der Waals surface area (Å²) in [7, 11) is 1.54. The number of amides is 1. The van der Waals surface area contributed by atoms with Gasteiger partial charge in [0.1, 0.15) is 28.9 Å². The summed E-state index contributed by atoms with van der Waals surface area (Å²) in [6, 6.07) is 17.2. The third-order valence-electron chi connectivity index (χ3n) is 5.76. The molecular weight excluding hydrogens is 390 g/mol. The number of para-hydroxylation sites is 1. The van der Waals surface area contributed by atoms with Crippen molar-refractivity contribution in [3.63, 3.8) is 0 Å². The summed E-state index contributed by atoms with van der Waals surface area (Å²) in [5.41, 5.74) is 9.54. The van der Waals surface area contributed by atoms with E-state index in [4.69, 9.17) is 10.5 Å². The van der Waals surface area contributed by atoms with Crippen molar-refractivity contribution in [3.05, 3.63) is 65.2 Å². The Kier molecular flexibility index (Phi) is 5.89. The Balaban J connectivity index is 1.49. The summed E-state index contributed by atoms with van der Waals surface area (Å²) in [5, 5.41) is 17.2. The van der Waals surface area contributed by atoms with Gasteiger partial charge in [-0.25, -0.2) is 4.68 Å². The van der Waals surface area contributed by atoms with Gasteiger partial charge in [-0.1, -0.05) is 49.2 Å². The van der Waals surface area contributed by atoms with Crippen molar-refractivity contribution in [2.24, 2.45) is 0 Å². The fourth-order valence-electron chi connectivity index (χ4n) is 4.08. The molecule has 0 radical (unpaired) electrons. The molecule has 1 saturated carbocycles. The lowest BCUT2D eigenvalue weighted by atomic mass is 10.1. The van der Waals surface area contributed by atoms with E-state index in [1.807, 2.05) is 35.0 Å². The van der Waals surface area contributed by atoms with Crippen molar-refractivity contribution < 1.29 is 9.53 Å². The van der Waals surface area contributed by atoms with Crippen LogP contribution in [-0.4, -0.2) is 22.8 Å². The summed E-state index contributed by atoms with van der Waals surface area (Å²) >= 11 is 0. The molecule has 7 nitrogen and oxygen atoms in total. The zero-order valence-electron chi connectivity index (χ0n) is 17.5. The molecule has 158 valence electrons. The Labute approximate surface area is 181 Å². The molecule has 1 aliphatic rings. The number of nitriles is 1. The van der Waals surface area contributed by atoms with Gasteiger partial charge in [0, 0.05) is 12.1 Å². The SMILES string of the molecule is COc1ccccc1C(=O)NCc1ccc(-c2nn(C3CCCC3)c(N)c2C#N)cc1. The van der Waals surface area contributed by atoms with E-state index >= 15 is 0 Å². The molecule has 0 aliphatic heterocycles. The molecule has 1 aromatic heterocycles. The molecule has 0 unspecified atom stereocenters. The summed E-state index contributed by atoms with van der Waals surface area (Å²) in [6.07, 6.45) is 4.41. The van der Waals surface area contributed by atoms with Gasteiger partial charge in [0.05, 0.1) is 18.7 Å². The normalized spacial score (nSPS) is 13.7. The number of carbonyl (C=O) groups excluding carboxylic acids is 1. The number of aromatic nitrogens is 2. The van der Waals surface area contributed by atoms with E-state index in [0.717, 1.165) is 36.8 Å². The maximum Gasteiger partial charge on any atom is 0.255 e. The van der Waals surface area contributed by atoms with E-state index in [9.17, 15) is 10.1 Å². The predicted octanol–water partition coefficient (Wildman–Crippen LogP) is 4.06. The van der Waals surface area contributed by atoms with Crippen LogP contribution in [0.15, 0.2) is 48.5 Å². The average Bonchev–Trinajstić information content (AvgIpc) is 3.45. The van der Waals surface area contributed by atoms with Gasteiger partial charge in [-0.3, -0.25) is 4.79 Å². The number of nitrogen functional groups attached to an aromatic ring is 1. The molecule has 3 N–H and O–H groups in total. The van der Waals surface area contributed by atoms with Crippen LogP contribution in [0.2, 0.25) is 0 Å². The lowest BCUT2D eigenvalue weighted by Gasteiger charge is -2.11. The van der Waals surface area contributed by atoms with Crippen LogP contribution in [0.4, 0.5) is 5.82 Å². The maximum absolute atomic E-state index is 12.5.